The molecule has 2 aliphatic carbocycles. The highest BCUT2D eigenvalue weighted by Crippen LogP contribution is 2.46. The summed E-state index contributed by atoms with van der Waals surface area (Å²) in [5, 5.41) is 3.51. The molecule has 0 heterocycles. The van der Waals surface area contributed by atoms with Crippen LogP contribution in [0, 0.1) is 0 Å². The van der Waals surface area contributed by atoms with Crippen molar-refractivity contribution in [1.29, 1.82) is 0 Å². The lowest BCUT2D eigenvalue weighted by Crippen LogP contribution is -2.35. The van der Waals surface area contributed by atoms with E-state index in [1.54, 1.807) is 0 Å². The Kier molecular flexibility index (Phi) is 3.75. The van der Waals surface area contributed by atoms with Crippen LogP contribution in [0.5, 0.6) is 0 Å². The molecule has 0 radical (unpaired) electrons. The Morgan fingerprint density at radius 1 is 0.567 bits per heavy atom. The minimum Gasteiger partial charge on any atom is -0.370 e. The molecule has 0 amide bonds. The van der Waals surface area contributed by atoms with Crippen LogP contribution < -0.4 is 11.1 Å². The molecule has 4 aromatic carbocycles. The van der Waals surface area contributed by atoms with Gasteiger partial charge in [0.2, 0.25) is 0 Å². The van der Waals surface area contributed by atoms with E-state index >= 15 is 0 Å². The van der Waals surface area contributed by atoms with E-state index in [1.165, 1.54) is 44.5 Å². The molecule has 3 nitrogen and oxygen atoms in total. The Morgan fingerprint density at radius 2 is 0.933 bits per heavy atom. The third-order valence-electron chi connectivity index (χ3n) is 6.20. The number of benzene rings is 4. The zero-order valence-electron chi connectivity index (χ0n) is 16.4. The molecule has 0 bridgehead atoms. The van der Waals surface area contributed by atoms with Crippen LogP contribution in [0.1, 0.15) is 34.3 Å². The zero-order valence-corrected chi connectivity index (χ0v) is 16.4. The Labute approximate surface area is 175 Å². The van der Waals surface area contributed by atoms with Gasteiger partial charge in [-0.2, -0.15) is 0 Å². The van der Waals surface area contributed by atoms with Crippen molar-refractivity contribution in [2.75, 3.05) is 0 Å². The fraction of sp³-hybridized carbons (Fsp3) is 0.0741. The molecule has 0 atom stereocenters. The van der Waals surface area contributed by atoms with Crippen molar-refractivity contribution < 1.29 is 0 Å². The lowest BCUT2D eigenvalue weighted by Gasteiger charge is -2.18. The monoisotopic (exact) mass is 387 g/mol. The Hall–Kier alpha value is -3.85. The Balaban J connectivity index is 1.40. The van der Waals surface area contributed by atoms with Crippen molar-refractivity contribution in [2.24, 2.45) is 10.7 Å². The summed E-state index contributed by atoms with van der Waals surface area (Å²) >= 11 is 0. The summed E-state index contributed by atoms with van der Waals surface area (Å²) in [6, 6.07) is 33.9. The van der Waals surface area contributed by atoms with Crippen LogP contribution in [0.2, 0.25) is 0 Å². The van der Waals surface area contributed by atoms with Crippen LogP contribution in [-0.2, 0) is 0 Å². The minimum atomic E-state index is -0.0863. The second-order valence-corrected chi connectivity index (χ2v) is 7.84. The first-order chi connectivity index (χ1) is 14.8. The fourth-order valence-electron chi connectivity index (χ4n) is 4.90. The molecule has 0 fully saturated rings. The van der Waals surface area contributed by atoms with Crippen molar-refractivity contribution >= 4 is 5.96 Å². The molecular weight excluding hydrogens is 366 g/mol. The largest absolute Gasteiger partial charge is 0.370 e. The van der Waals surface area contributed by atoms with Crippen LogP contribution in [-0.4, -0.2) is 5.96 Å². The maximum absolute atomic E-state index is 6.50. The summed E-state index contributed by atoms with van der Waals surface area (Å²) in [5.41, 5.74) is 16.4. The van der Waals surface area contributed by atoms with E-state index in [9.17, 15) is 0 Å². The van der Waals surface area contributed by atoms with E-state index in [-0.39, 0.29) is 12.1 Å². The zero-order chi connectivity index (χ0) is 20.1. The number of nitrogens with zero attached hydrogens (tertiary/aromatic N) is 1. The van der Waals surface area contributed by atoms with E-state index < -0.39 is 0 Å². The number of guanidine groups is 1. The van der Waals surface area contributed by atoms with E-state index in [0.717, 1.165) is 0 Å². The smallest absolute Gasteiger partial charge is 0.190 e. The number of fused-ring (bicyclic) bond motifs is 6. The Morgan fingerprint density at radius 3 is 1.40 bits per heavy atom. The molecule has 0 saturated heterocycles. The molecule has 0 aliphatic heterocycles. The Bertz CT molecular complexity index is 1210. The third-order valence-corrected chi connectivity index (χ3v) is 6.20. The van der Waals surface area contributed by atoms with Gasteiger partial charge in [0.1, 0.15) is 6.04 Å². The van der Waals surface area contributed by atoms with E-state index in [0.29, 0.717) is 5.96 Å². The van der Waals surface area contributed by atoms with Gasteiger partial charge < -0.3 is 11.1 Å². The molecule has 6 rings (SSSR count). The van der Waals surface area contributed by atoms with Gasteiger partial charge in [0, 0.05) is 0 Å². The average molecular weight is 387 g/mol. The topological polar surface area (TPSA) is 50.4 Å². The average Bonchev–Trinajstić information content (AvgIpc) is 3.28. The molecule has 2 aliphatic rings. The quantitative estimate of drug-likeness (QED) is 0.356. The molecule has 4 aromatic rings. The van der Waals surface area contributed by atoms with Gasteiger partial charge in [-0.15, -0.1) is 0 Å². The van der Waals surface area contributed by atoms with Crippen LogP contribution in [0.3, 0.4) is 0 Å². The second kappa shape index (κ2) is 6.60. The molecule has 3 N–H and O–H groups in total. The maximum Gasteiger partial charge on any atom is 0.190 e. The normalized spacial score (nSPS) is 14.7. The summed E-state index contributed by atoms with van der Waals surface area (Å²) in [5.74, 6) is 0.461. The van der Waals surface area contributed by atoms with Crippen molar-refractivity contribution in [3.63, 3.8) is 0 Å². The van der Waals surface area contributed by atoms with Gasteiger partial charge in [-0.1, -0.05) is 97.1 Å². The molecule has 0 unspecified atom stereocenters. The summed E-state index contributed by atoms with van der Waals surface area (Å²) in [4.78, 5) is 4.95. The predicted molar refractivity (Wildman–Crippen MR) is 122 cm³/mol. The number of hydrogen-bond acceptors (Lipinski definition) is 1. The van der Waals surface area contributed by atoms with Crippen LogP contribution >= 0.6 is 0 Å². The van der Waals surface area contributed by atoms with Gasteiger partial charge >= 0.3 is 0 Å². The molecule has 144 valence electrons. The number of rotatable bonds is 2. The van der Waals surface area contributed by atoms with Gasteiger partial charge in [0.05, 0.1) is 6.04 Å². The molecular formula is C27H21N3. The van der Waals surface area contributed by atoms with Crippen molar-refractivity contribution in [3.8, 4) is 22.3 Å². The highest BCUT2D eigenvalue weighted by Gasteiger charge is 2.30. The van der Waals surface area contributed by atoms with E-state index in [1.807, 2.05) is 0 Å². The lowest BCUT2D eigenvalue weighted by atomic mass is 10.1. The van der Waals surface area contributed by atoms with Crippen LogP contribution in [0.15, 0.2) is 102 Å². The molecule has 0 aromatic heterocycles. The van der Waals surface area contributed by atoms with Crippen molar-refractivity contribution in [1.82, 2.24) is 5.32 Å². The fourth-order valence-corrected chi connectivity index (χ4v) is 4.90. The van der Waals surface area contributed by atoms with Crippen LogP contribution in [0.4, 0.5) is 0 Å². The molecule has 0 saturated carbocycles. The SMILES string of the molecule is NC(=NC1c2ccccc2-c2ccccc21)NC1c2ccccc2-c2ccccc21. The van der Waals surface area contributed by atoms with Crippen LogP contribution in [0.25, 0.3) is 22.3 Å². The standard InChI is InChI=1S/C27H21N3/c28-27(29-25-21-13-5-1-9-17(21)18-10-2-6-14-22(18)25)30-26-23-15-7-3-11-19(23)20-12-4-8-16-24(20)26/h1-16,25-26H,(H3,28,29,30). The van der Waals surface area contributed by atoms with E-state index in [4.69, 9.17) is 10.7 Å². The lowest BCUT2D eigenvalue weighted by molar-refractivity contribution is 0.759. The van der Waals surface area contributed by atoms with Gasteiger partial charge in [0.25, 0.3) is 0 Å². The summed E-state index contributed by atoms with van der Waals surface area (Å²) in [7, 11) is 0. The van der Waals surface area contributed by atoms with Crippen molar-refractivity contribution in [2.45, 2.75) is 12.1 Å². The number of aliphatic imine (C=N–C) groups is 1. The number of nitrogens with one attached hydrogen (secondary N) is 1. The third kappa shape index (κ3) is 2.49. The molecule has 0 spiro atoms. The van der Waals surface area contributed by atoms with E-state index in [2.05, 4.69) is 102 Å². The molecule has 30 heavy (non-hydrogen) atoms. The van der Waals surface area contributed by atoms with Crippen molar-refractivity contribution in [3.05, 3.63) is 119 Å². The van der Waals surface area contributed by atoms with Gasteiger partial charge in [-0.25, -0.2) is 4.99 Å². The van der Waals surface area contributed by atoms with Gasteiger partial charge in [-0.05, 0) is 44.5 Å². The summed E-state index contributed by atoms with van der Waals surface area (Å²) < 4.78 is 0. The number of hydrogen-bond donors (Lipinski definition) is 2. The number of nitrogens with two attached hydrogens (primary N) is 1. The highest BCUT2D eigenvalue weighted by atomic mass is 15.1. The minimum absolute atomic E-state index is 0.00744. The highest BCUT2D eigenvalue weighted by molar-refractivity contribution is 5.86. The maximum atomic E-state index is 6.50. The summed E-state index contributed by atoms with van der Waals surface area (Å²) in [6.07, 6.45) is 0. The predicted octanol–water partition coefficient (Wildman–Crippen LogP) is 5.43. The second-order valence-electron chi connectivity index (χ2n) is 7.84. The van der Waals surface area contributed by atoms with Gasteiger partial charge in [-0.3, -0.25) is 0 Å². The summed E-state index contributed by atoms with van der Waals surface area (Å²) in [6.45, 7) is 0. The first-order valence-electron chi connectivity index (χ1n) is 10.3. The van der Waals surface area contributed by atoms with Gasteiger partial charge in [0.15, 0.2) is 5.96 Å². The first-order valence-corrected chi connectivity index (χ1v) is 10.3. The first kappa shape index (κ1) is 17.0. The molecule has 3 heteroatoms.